The second kappa shape index (κ2) is 7.76. The van der Waals surface area contributed by atoms with Gasteiger partial charge in [0.2, 0.25) is 0 Å². The summed E-state index contributed by atoms with van der Waals surface area (Å²) < 4.78 is 5.68. The molecule has 0 saturated carbocycles. The number of hydrogen-bond donors (Lipinski definition) is 1. The van der Waals surface area contributed by atoms with Crippen molar-refractivity contribution in [3.63, 3.8) is 0 Å². The summed E-state index contributed by atoms with van der Waals surface area (Å²) in [6.45, 7) is 4.62. The van der Waals surface area contributed by atoms with Crippen molar-refractivity contribution < 1.29 is 4.74 Å². The second-order valence-corrected chi connectivity index (χ2v) is 8.01. The molecule has 0 unspecified atom stereocenters. The molecule has 4 nitrogen and oxygen atoms in total. The Bertz CT molecular complexity index is 1360. The maximum absolute atomic E-state index is 5.68. The Hall–Kier alpha value is -3.44. The lowest BCUT2D eigenvalue weighted by molar-refractivity contribution is 0.340. The third-order valence-electron chi connectivity index (χ3n) is 5.01. The number of ether oxygens (including phenoxy) is 1. The SMILES string of the molecule is CCOc1ccc2nc(C)cc(Nc3nc(-c4ccc5ccccc5c4)cs3)c2c1. The largest absolute Gasteiger partial charge is 0.494 e. The van der Waals surface area contributed by atoms with Gasteiger partial charge in [-0.15, -0.1) is 11.3 Å². The summed E-state index contributed by atoms with van der Waals surface area (Å²) in [5.41, 5.74) is 4.97. The summed E-state index contributed by atoms with van der Waals surface area (Å²) in [4.78, 5) is 9.48. The highest BCUT2D eigenvalue weighted by Crippen LogP contribution is 2.33. The number of nitrogens with zero attached hydrogens (tertiary/aromatic N) is 2. The first-order valence-corrected chi connectivity index (χ1v) is 10.8. The molecule has 148 valence electrons. The van der Waals surface area contributed by atoms with Crippen LogP contribution in [0, 0.1) is 6.92 Å². The van der Waals surface area contributed by atoms with Crippen LogP contribution in [0.5, 0.6) is 5.75 Å². The molecule has 3 aromatic carbocycles. The van der Waals surface area contributed by atoms with E-state index >= 15 is 0 Å². The van der Waals surface area contributed by atoms with Crippen molar-refractivity contribution >= 4 is 43.8 Å². The fourth-order valence-corrected chi connectivity index (χ4v) is 4.36. The number of benzene rings is 3. The maximum atomic E-state index is 5.68. The Balaban J connectivity index is 1.49. The molecule has 0 saturated heterocycles. The van der Waals surface area contributed by atoms with Crippen LogP contribution in [0.4, 0.5) is 10.8 Å². The summed E-state index contributed by atoms with van der Waals surface area (Å²) in [6, 6.07) is 22.9. The van der Waals surface area contributed by atoms with E-state index in [0.29, 0.717) is 6.61 Å². The van der Waals surface area contributed by atoms with E-state index in [9.17, 15) is 0 Å². The van der Waals surface area contributed by atoms with E-state index in [2.05, 4.69) is 64.2 Å². The standard InChI is InChI=1S/C25H21N3OS/c1-3-29-20-10-11-22-21(14-20)23(12-16(2)26-22)27-25-28-24(15-30-25)19-9-8-17-6-4-5-7-18(17)13-19/h4-15H,3H2,1-2H3,(H,26,27,28). The van der Waals surface area contributed by atoms with Crippen LogP contribution < -0.4 is 10.1 Å². The molecule has 0 atom stereocenters. The molecule has 5 heteroatoms. The highest BCUT2D eigenvalue weighted by molar-refractivity contribution is 7.14. The van der Waals surface area contributed by atoms with Gasteiger partial charge >= 0.3 is 0 Å². The molecule has 0 aliphatic carbocycles. The smallest absolute Gasteiger partial charge is 0.187 e. The first-order chi connectivity index (χ1) is 14.7. The van der Waals surface area contributed by atoms with Gasteiger partial charge in [-0.2, -0.15) is 0 Å². The summed E-state index contributed by atoms with van der Waals surface area (Å²) >= 11 is 1.60. The number of fused-ring (bicyclic) bond motifs is 2. The Morgan fingerprint density at radius 2 is 1.80 bits per heavy atom. The molecule has 0 amide bonds. The minimum Gasteiger partial charge on any atom is -0.494 e. The van der Waals surface area contributed by atoms with Gasteiger partial charge < -0.3 is 10.1 Å². The fraction of sp³-hybridized carbons (Fsp3) is 0.120. The highest BCUT2D eigenvalue weighted by Gasteiger charge is 2.10. The molecule has 5 aromatic rings. The normalized spacial score (nSPS) is 11.1. The van der Waals surface area contributed by atoms with Crippen LogP contribution in [-0.2, 0) is 0 Å². The van der Waals surface area contributed by atoms with Crippen LogP contribution in [0.1, 0.15) is 12.6 Å². The van der Waals surface area contributed by atoms with Gasteiger partial charge in [0, 0.05) is 22.0 Å². The number of hydrogen-bond acceptors (Lipinski definition) is 5. The van der Waals surface area contributed by atoms with Crippen LogP contribution in [0.3, 0.4) is 0 Å². The minimum absolute atomic E-state index is 0.634. The second-order valence-electron chi connectivity index (χ2n) is 7.15. The van der Waals surface area contributed by atoms with E-state index in [1.54, 1.807) is 11.3 Å². The number of aromatic nitrogens is 2. The molecule has 0 aliphatic rings. The van der Waals surface area contributed by atoms with Gasteiger partial charge in [0.1, 0.15) is 5.75 Å². The monoisotopic (exact) mass is 411 g/mol. The molecule has 5 rings (SSSR count). The lowest BCUT2D eigenvalue weighted by Gasteiger charge is -2.10. The zero-order chi connectivity index (χ0) is 20.5. The van der Waals surface area contributed by atoms with Crippen molar-refractivity contribution in [1.82, 2.24) is 9.97 Å². The van der Waals surface area contributed by atoms with Gasteiger partial charge in [0.15, 0.2) is 5.13 Å². The third kappa shape index (κ3) is 3.60. The van der Waals surface area contributed by atoms with Gasteiger partial charge in [-0.3, -0.25) is 4.98 Å². The molecular weight excluding hydrogens is 390 g/mol. The number of anilines is 2. The number of aryl methyl sites for hydroxylation is 1. The molecule has 0 aliphatic heterocycles. The van der Waals surface area contributed by atoms with Crippen molar-refractivity contribution in [2.24, 2.45) is 0 Å². The van der Waals surface area contributed by atoms with Gasteiger partial charge in [-0.25, -0.2) is 4.98 Å². The first kappa shape index (κ1) is 18.6. The summed E-state index contributed by atoms with van der Waals surface area (Å²) in [5, 5.41) is 9.92. The minimum atomic E-state index is 0.634. The molecular formula is C25H21N3OS. The third-order valence-corrected chi connectivity index (χ3v) is 5.77. The molecule has 0 radical (unpaired) electrons. The average Bonchev–Trinajstić information content (AvgIpc) is 3.22. The van der Waals surface area contributed by atoms with Crippen LogP contribution >= 0.6 is 11.3 Å². The average molecular weight is 412 g/mol. The van der Waals surface area contributed by atoms with Crippen molar-refractivity contribution in [3.05, 3.63) is 77.8 Å². The lowest BCUT2D eigenvalue weighted by Crippen LogP contribution is -1.96. The Kier molecular flexibility index (Phi) is 4.81. The van der Waals surface area contributed by atoms with E-state index in [4.69, 9.17) is 9.72 Å². The molecule has 0 spiro atoms. The Morgan fingerprint density at radius 3 is 2.67 bits per heavy atom. The van der Waals surface area contributed by atoms with Gasteiger partial charge in [-0.1, -0.05) is 36.4 Å². The van der Waals surface area contributed by atoms with E-state index in [1.165, 1.54) is 10.8 Å². The van der Waals surface area contributed by atoms with E-state index < -0.39 is 0 Å². The maximum Gasteiger partial charge on any atom is 0.187 e. The molecule has 2 aromatic heterocycles. The van der Waals surface area contributed by atoms with Crippen LogP contribution in [0.25, 0.3) is 32.9 Å². The van der Waals surface area contributed by atoms with Gasteiger partial charge in [0.05, 0.1) is 23.5 Å². The summed E-state index contributed by atoms with van der Waals surface area (Å²) in [7, 11) is 0. The van der Waals surface area contributed by atoms with Gasteiger partial charge in [-0.05, 0) is 55.0 Å². The van der Waals surface area contributed by atoms with Crippen molar-refractivity contribution in [2.45, 2.75) is 13.8 Å². The highest BCUT2D eigenvalue weighted by atomic mass is 32.1. The van der Waals surface area contributed by atoms with Crippen LogP contribution in [0.15, 0.2) is 72.1 Å². The number of thiazole rings is 1. The molecule has 0 bridgehead atoms. The van der Waals surface area contributed by atoms with E-state index in [0.717, 1.165) is 44.4 Å². The van der Waals surface area contributed by atoms with Gasteiger partial charge in [0.25, 0.3) is 0 Å². The quantitative estimate of drug-likeness (QED) is 0.339. The van der Waals surface area contributed by atoms with E-state index in [1.807, 2.05) is 32.0 Å². The zero-order valence-corrected chi connectivity index (χ0v) is 17.7. The van der Waals surface area contributed by atoms with Crippen LogP contribution in [0.2, 0.25) is 0 Å². The topological polar surface area (TPSA) is 47.0 Å². The number of pyridine rings is 1. The summed E-state index contributed by atoms with van der Waals surface area (Å²) in [6.07, 6.45) is 0. The number of nitrogens with one attached hydrogen (secondary N) is 1. The fourth-order valence-electron chi connectivity index (χ4n) is 3.62. The zero-order valence-electron chi connectivity index (χ0n) is 16.8. The molecule has 2 heterocycles. The van der Waals surface area contributed by atoms with Crippen LogP contribution in [-0.4, -0.2) is 16.6 Å². The van der Waals surface area contributed by atoms with E-state index in [-0.39, 0.29) is 0 Å². The predicted molar refractivity (Wildman–Crippen MR) is 126 cm³/mol. The van der Waals surface area contributed by atoms with Crippen molar-refractivity contribution in [1.29, 1.82) is 0 Å². The molecule has 0 fully saturated rings. The molecule has 30 heavy (non-hydrogen) atoms. The van der Waals surface area contributed by atoms with Crippen molar-refractivity contribution in [3.8, 4) is 17.0 Å². The molecule has 1 N–H and O–H groups in total. The first-order valence-electron chi connectivity index (χ1n) is 9.95. The predicted octanol–water partition coefficient (Wildman–Crippen LogP) is 6.96. The lowest BCUT2D eigenvalue weighted by atomic mass is 10.1. The Labute approximate surface area is 179 Å². The number of rotatable bonds is 5. The Morgan fingerprint density at radius 1 is 0.933 bits per heavy atom. The van der Waals surface area contributed by atoms with Crippen molar-refractivity contribution in [2.75, 3.05) is 11.9 Å². The summed E-state index contributed by atoms with van der Waals surface area (Å²) in [5.74, 6) is 0.842.